The summed E-state index contributed by atoms with van der Waals surface area (Å²) in [6.45, 7) is 1.57. The molecule has 56 valence electrons. The van der Waals surface area contributed by atoms with Crippen molar-refractivity contribution in [2.24, 2.45) is 5.84 Å². The second-order valence-corrected chi connectivity index (χ2v) is 2.17. The van der Waals surface area contributed by atoms with Gasteiger partial charge in [-0.15, -0.1) is 0 Å². The van der Waals surface area contributed by atoms with Crippen molar-refractivity contribution in [3.63, 3.8) is 0 Å². The fourth-order valence-electron chi connectivity index (χ4n) is 0.444. The molecule has 0 radical (unpaired) electrons. The smallest absolute Gasteiger partial charge is 0.271 e. The van der Waals surface area contributed by atoms with Crippen molar-refractivity contribution in [1.29, 1.82) is 0 Å². The summed E-state index contributed by atoms with van der Waals surface area (Å²) in [5, 5.41) is -3.25. The first-order valence-corrected chi connectivity index (χ1v) is 2.93. The molecule has 2 nitrogen and oxygen atoms in total. The van der Waals surface area contributed by atoms with Gasteiger partial charge in [0.2, 0.25) is 0 Å². The van der Waals surface area contributed by atoms with Crippen molar-refractivity contribution in [3.05, 3.63) is 0 Å². The Morgan fingerprint density at radius 3 is 2.22 bits per heavy atom. The molecule has 0 aromatic rings. The van der Waals surface area contributed by atoms with Gasteiger partial charge in [-0.05, 0) is 18.0 Å². The number of alkyl halides is 3. The Morgan fingerprint density at radius 2 is 2.22 bits per heavy atom. The minimum atomic E-state index is -3.25. The van der Waals surface area contributed by atoms with Crippen LogP contribution in [-0.2, 0) is 0 Å². The summed E-state index contributed by atoms with van der Waals surface area (Å²) >= 11 is 4.62. The van der Waals surface area contributed by atoms with Crippen LogP contribution in [0.3, 0.4) is 0 Å². The van der Waals surface area contributed by atoms with Crippen LogP contribution in [0.1, 0.15) is 13.3 Å². The zero-order chi connectivity index (χ0) is 7.49. The average Bonchev–Trinajstić information content (AvgIpc) is 1.65. The highest BCUT2D eigenvalue weighted by Crippen LogP contribution is 2.24. The maximum atomic E-state index is 12.0. The van der Waals surface area contributed by atoms with Gasteiger partial charge in [-0.1, -0.05) is 6.92 Å². The molecule has 0 rings (SSSR count). The number of nitrogens with two attached hydrogens (primary N) is 1. The van der Waals surface area contributed by atoms with Crippen molar-refractivity contribution < 1.29 is 8.78 Å². The van der Waals surface area contributed by atoms with Crippen LogP contribution in [0, 0.1) is 0 Å². The molecule has 0 spiro atoms. The molecule has 0 heterocycles. The Kier molecular flexibility index (Phi) is 3.32. The minimum absolute atomic E-state index is 0.201. The maximum absolute atomic E-state index is 12.0. The predicted octanol–water partition coefficient (Wildman–Crippen LogP) is 1.06. The molecule has 3 N–H and O–H groups in total. The van der Waals surface area contributed by atoms with E-state index in [4.69, 9.17) is 5.84 Å². The van der Waals surface area contributed by atoms with Gasteiger partial charge in [-0.2, -0.15) is 8.78 Å². The minimum Gasteiger partial charge on any atom is -0.271 e. The number of halogens is 3. The molecule has 0 aliphatic rings. The van der Waals surface area contributed by atoms with Crippen LogP contribution in [0.5, 0.6) is 0 Å². The summed E-state index contributed by atoms with van der Waals surface area (Å²) in [4.78, 5) is 0. The van der Waals surface area contributed by atoms with E-state index >= 15 is 0 Å². The molecule has 0 bridgehead atoms. The second kappa shape index (κ2) is 3.29. The van der Waals surface area contributed by atoms with Gasteiger partial charge in [-0.25, -0.2) is 5.43 Å². The molecule has 0 saturated heterocycles. The fraction of sp³-hybridized carbons (Fsp3) is 1.00. The monoisotopic (exact) mass is 158 g/mol. The van der Waals surface area contributed by atoms with Gasteiger partial charge in [0.05, 0.1) is 6.04 Å². The van der Waals surface area contributed by atoms with Crippen LogP contribution >= 0.6 is 11.6 Å². The van der Waals surface area contributed by atoms with E-state index < -0.39 is 11.4 Å². The topological polar surface area (TPSA) is 38.0 Å². The summed E-state index contributed by atoms with van der Waals surface area (Å²) in [7, 11) is 0. The first-order valence-electron chi connectivity index (χ1n) is 2.55. The van der Waals surface area contributed by atoms with Crippen LogP contribution < -0.4 is 11.3 Å². The molecular weight excluding hydrogens is 150 g/mol. The van der Waals surface area contributed by atoms with Crippen molar-refractivity contribution in [3.8, 4) is 0 Å². The average molecular weight is 159 g/mol. The lowest BCUT2D eigenvalue weighted by Crippen LogP contribution is -2.44. The second-order valence-electron chi connectivity index (χ2n) is 1.67. The SMILES string of the molecule is CCC(NN)C(F)(F)Cl. The summed E-state index contributed by atoms with van der Waals surface area (Å²) in [6.07, 6.45) is 0.201. The van der Waals surface area contributed by atoms with E-state index in [-0.39, 0.29) is 6.42 Å². The summed E-state index contributed by atoms with van der Waals surface area (Å²) in [6, 6.07) is -1.14. The summed E-state index contributed by atoms with van der Waals surface area (Å²) in [5.74, 6) is 4.75. The number of rotatable bonds is 3. The van der Waals surface area contributed by atoms with Gasteiger partial charge in [0.25, 0.3) is 0 Å². The van der Waals surface area contributed by atoms with Crippen LogP contribution in [0.4, 0.5) is 8.78 Å². The van der Waals surface area contributed by atoms with Crippen molar-refractivity contribution in [1.82, 2.24) is 5.43 Å². The van der Waals surface area contributed by atoms with Gasteiger partial charge < -0.3 is 0 Å². The van der Waals surface area contributed by atoms with Gasteiger partial charge in [0.1, 0.15) is 0 Å². The normalized spacial score (nSPS) is 15.7. The predicted molar refractivity (Wildman–Crippen MR) is 32.2 cm³/mol. The van der Waals surface area contributed by atoms with Crippen LogP contribution in [0.2, 0.25) is 0 Å². The molecule has 0 aliphatic carbocycles. The molecule has 5 heteroatoms. The quantitative estimate of drug-likeness (QED) is 0.366. The highest BCUT2D eigenvalue weighted by atomic mass is 35.5. The van der Waals surface area contributed by atoms with Gasteiger partial charge in [-0.3, -0.25) is 5.84 Å². The number of hydrazine groups is 1. The van der Waals surface area contributed by atoms with E-state index in [9.17, 15) is 8.78 Å². The molecule has 0 saturated carbocycles. The summed E-state index contributed by atoms with van der Waals surface area (Å²) < 4.78 is 24.0. The van der Waals surface area contributed by atoms with E-state index in [1.807, 2.05) is 5.43 Å². The Balaban J connectivity index is 3.79. The lowest BCUT2D eigenvalue weighted by atomic mass is 10.2. The highest BCUT2D eigenvalue weighted by molar-refractivity contribution is 6.22. The molecule has 1 atom stereocenters. The first-order chi connectivity index (χ1) is 4.02. The molecule has 0 amide bonds. The molecule has 0 fully saturated rings. The molecule has 0 aromatic heterocycles. The van der Waals surface area contributed by atoms with E-state index in [0.717, 1.165) is 0 Å². The van der Waals surface area contributed by atoms with Crippen molar-refractivity contribution in [2.45, 2.75) is 24.8 Å². The van der Waals surface area contributed by atoms with Gasteiger partial charge in [0, 0.05) is 0 Å². The maximum Gasteiger partial charge on any atom is 0.338 e. The van der Waals surface area contributed by atoms with E-state index in [0.29, 0.717) is 0 Å². The fourth-order valence-corrected chi connectivity index (χ4v) is 0.661. The van der Waals surface area contributed by atoms with Crippen molar-refractivity contribution in [2.75, 3.05) is 0 Å². The zero-order valence-corrected chi connectivity index (χ0v) is 5.75. The lowest BCUT2D eigenvalue weighted by Gasteiger charge is -2.17. The van der Waals surface area contributed by atoms with Crippen molar-refractivity contribution >= 4 is 11.6 Å². The Labute approximate surface area is 57.3 Å². The standard InChI is InChI=1S/C4H9ClF2N2/c1-2-3(9-8)4(5,6)7/h3,9H,2,8H2,1H3. The number of nitrogens with one attached hydrogen (secondary N) is 1. The Hall–Kier alpha value is 0.0700. The Morgan fingerprint density at radius 1 is 1.78 bits per heavy atom. The molecule has 1 unspecified atom stereocenters. The van der Waals surface area contributed by atoms with Gasteiger partial charge in [0.15, 0.2) is 0 Å². The molecular formula is C4H9ClF2N2. The molecule has 9 heavy (non-hydrogen) atoms. The zero-order valence-electron chi connectivity index (χ0n) is 5.00. The van der Waals surface area contributed by atoms with Gasteiger partial charge >= 0.3 is 5.38 Å². The van der Waals surface area contributed by atoms with E-state index in [1.54, 1.807) is 6.92 Å². The van der Waals surface area contributed by atoms with Crippen LogP contribution in [0.25, 0.3) is 0 Å². The third-order valence-electron chi connectivity index (χ3n) is 1.00. The summed E-state index contributed by atoms with van der Waals surface area (Å²) in [5.41, 5.74) is 1.91. The van der Waals surface area contributed by atoms with Crippen LogP contribution in [0.15, 0.2) is 0 Å². The highest BCUT2D eigenvalue weighted by Gasteiger charge is 2.34. The number of hydrogen-bond donors (Lipinski definition) is 2. The van der Waals surface area contributed by atoms with E-state index in [2.05, 4.69) is 11.6 Å². The molecule has 0 aliphatic heterocycles. The molecule has 0 aromatic carbocycles. The third kappa shape index (κ3) is 2.93. The van der Waals surface area contributed by atoms with E-state index in [1.165, 1.54) is 0 Å². The number of hydrogen-bond acceptors (Lipinski definition) is 2. The lowest BCUT2D eigenvalue weighted by molar-refractivity contribution is 0.0487. The van der Waals surface area contributed by atoms with Crippen LogP contribution in [-0.4, -0.2) is 11.4 Å². The third-order valence-corrected chi connectivity index (χ3v) is 1.27. The Bertz CT molecular complexity index is 79.1. The largest absolute Gasteiger partial charge is 0.338 e. The first kappa shape index (κ1) is 9.07.